The highest BCUT2D eigenvalue weighted by Gasteiger charge is 2.16. The van der Waals surface area contributed by atoms with Gasteiger partial charge < -0.3 is 10.1 Å². The number of carbonyl (C=O) groups is 1. The summed E-state index contributed by atoms with van der Waals surface area (Å²) in [4.78, 5) is 20.9. The second-order valence-electron chi connectivity index (χ2n) is 6.59. The summed E-state index contributed by atoms with van der Waals surface area (Å²) in [5.41, 5.74) is 1.41. The summed E-state index contributed by atoms with van der Waals surface area (Å²) in [7, 11) is 0. The van der Waals surface area contributed by atoms with E-state index >= 15 is 0 Å². The Morgan fingerprint density at radius 2 is 1.90 bits per heavy atom. The van der Waals surface area contributed by atoms with Crippen LogP contribution in [0.5, 0.6) is 11.6 Å². The van der Waals surface area contributed by atoms with Gasteiger partial charge >= 0.3 is 0 Å². The van der Waals surface area contributed by atoms with E-state index in [-0.39, 0.29) is 18.2 Å². The van der Waals surface area contributed by atoms with Gasteiger partial charge in [-0.2, -0.15) is 0 Å². The Hall–Kier alpha value is -3.78. The Kier molecular flexibility index (Phi) is 5.90. The standard InChI is InChI=1S/C22H17ClFN5O2/c1-14-27-21(28-29(14)19-5-3-2-4-18(19)23)22(30)26-13-15-6-11-20(25-12-15)31-17-9-7-16(24)8-10-17/h2-12H,13H2,1H3,(H,26,30). The molecular weight excluding hydrogens is 421 g/mol. The SMILES string of the molecule is Cc1nc(C(=O)NCc2ccc(Oc3ccc(F)cc3)nc2)nn1-c1ccccc1Cl. The van der Waals surface area contributed by atoms with Gasteiger partial charge in [-0.15, -0.1) is 5.10 Å². The van der Waals surface area contributed by atoms with Crippen LogP contribution in [-0.4, -0.2) is 25.7 Å². The van der Waals surface area contributed by atoms with Crippen LogP contribution < -0.4 is 10.1 Å². The molecule has 0 unspecified atom stereocenters. The van der Waals surface area contributed by atoms with Gasteiger partial charge in [0.25, 0.3) is 5.91 Å². The van der Waals surface area contributed by atoms with Crippen molar-refractivity contribution in [2.24, 2.45) is 0 Å². The Balaban J connectivity index is 1.38. The molecule has 156 valence electrons. The van der Waals surface area contributed by atoms with Gasteiger partial charge in [0.15, 0.2) is 0 Å². The van der Waals surface area contributed by atoms with Crippen molar-refractivity contribution in [1.29, 1.82) is 0 Å². The van der Waals surface area contributed by atoms with Crippen LogP contribution in [0, 0.1) is 12.7 Å². The smallest absolute Gasteiger partial charge is 0.291 e. The molecule has 1 N–H and O–H groups in total. The number of ether oxygens (including phenoxy) is 1. The number of nitrogens with zero attached hydrogens (tertiary/aromatic N) is 4. The molecule has 0 radical (unpaired) electrons. The maximum Gasteiger partial charge on any atom is 0.291 e. The fourth-order valence-corrected chi connectivity index (χ4v) is 3.01. The maximum absolute atomic E-state index is 13.0. The summed E-state index contributed by atoms with van der Waals surface area (Å²) < 4.78 is 20.0. The molecule has 9 heteroatoms. The summed E-state index contributed by atoms with van der Waals surface area (Å²) in [6.07, 6.45) is 1.58. The predicted octanol–water partition coefficient (Wildman–Crippen LogP) is 4.49. The van der Waals surface area contributed by atoms with E-state index in [0.29, 0.717) is 28.2 Å². The van der Waals surface area contributed by atoms with Gasteiger partial charge in [-0.1, -0.05) is 29.8 Å². The van der Waals surface area contributed by atoms with Crippen LogP contribution in [0.1, 0.15) is 22.0 Å². The molecule has 2 aromatic heterocycles. The number of aromatic nitrogens is 4. The number of halogens is 2. The number of rotatable bonds is 6. The van der Waals surface area contributed by atoms with Crippen molar-refractivity contribution in [2.75, 3.05) is 0 Å². The van der Waals surface area contributed by atoms with Crippen molar-refractivity contribution in [1.82, 2.24) is 25.1 Å². The average molecular weight is 438 g/mol. The molecule has 0 bridgehead atoms. The predicted molar refractivity (Wildman–Crippen MR) is 113 cm³/mol. The first-order valence-corrected chi connectivity index (χ1v) is 9.72. The highest BCUT2D eigenvalue weighted by molar-refractivity contribution is 6.32. The van der Waals surface area contributed by atoms with E-state index in [2.05, 4.69) is 20.4 Å². The summed E-state index contributed by atoms with van der Waals surface area (Å²) in [5.74, 6) is 0.667. The number of hydrogen-bond acceptors (Lipinski definition) is 5. The first-order valence-electron chi connectivity index (χ1n) is 9.35. The number of hydrogen-bond donors (Lipinski definition) is 1. The molecule has 31 heavy (non-hydrogen) atoms. The molecule has 0 spiro atoms. The van der Waals surface area contributed by atoms with Gasteiger partial charge in [0.05, 0.1) is 10.7 Å². The summed E-state index contributed by atoms with van der Waals surface area (Å²) in [5, 5.41) is 7.54. The van der Waals surface area contributed by atoms with Crippen LogP contribution in [0.15, 0.2) is 66.9 Å². The molecule has 2 aromatic carbocycles. The molecule has 1 amide bonds. The van der Waals surface area contributed by atoms with E-state index in [1.54, 1.807) is 37.4 Å². The molecule has 0 atom stereocenters. The second kappa shape index (κ2) is 8.93. The molecule has 0 aliphatic carbocycles. The van der Waals surface area contributed by atoms with Crippen LogP contribution in [0.25, 0.3) is 5.69 Å². The summed E-state index contributed by atoms with van der Waals surface area (Å²) >= 11 is 6.21. The zero-order valence-electron chi connectivity index (χ0n) is 16.4. The van der Waals surface area contributed by atoms with Gasteiger partial charge in [0.2, 0.25) is 11.7 Å². The zero-order chi connectivity index (χ0) is 21.8. The number of carbonyl (C=O) groups excluding carboxylic acids is 1. The zero-order valence-corrected chi connectivity index (χ0v) is 17.2. The van der Waals surface area contributed by atoms with E-state index in [9.17, 15) is 9.18 Å². The highest BCUT2D eigenvalue weighted by atomic mass is 35.5. The lowest BCUT2D eigenvalue weighted by atomic mass is 10.3. The van der Waals surface area contributed by atoms with Crippen LogP contribution >= 0.6 is 11.6 Å². The van der Waals surface area contributed by atoms with Crippen LogP contribution in [0.3, 0.4) is 0 Å². The Bertz CT molecular complexity index is 1210. The van der Waals surface area contributed by atoms with Gasteiger partial charge in [0.1, 0.15) is 17.4 Å². The molecule has 4 aromatic rings. The third-order valence-electron chi connectivity index (χ3n) is 4.34. The van der Waals surface area contributed by atoms with Crippen molar-refractivity contribution in [2.45, 2.75) is 13.5 Å². The van der Waals surface area contributed by atoms with Crippen molar-refractivity contribution >= 4 is 17.5 Å². The first kappa shape index (κ1) is 20.5. The monoisotopic (exact) mass is 437 g/mol. The van der Waals surface area contributed by atoms with E-state index in [1.807, 2.05) is 12.1 Å². The number of para-hydroxylation sites is 1. The van der Waals surface area contributed by atoms with E-state index in [4.69, 9.17) is 16.3 Å². The Morgan fingerprint density at radius 3 is 2.61 bits per heavy atom. The normalized spacial score (nSPS) is 10.7. The minimum Gasteiger partial charge on any atom is -0.439 e. The van der Waals surface area contributed by atoms with E-state index < -0.39 is 5.91 Å². The number of aryl methyl sites for hydroxylation is 1. The second-order valence-corrected chi connectivity index (χ2v) is 7.00. The largest absolute Gasteiger partial charge is 0.439 e. The molecule has 0 fully saturated rings. The lowest BCUT2D eigenvalue weighted by molar-refractivity contribution is 0.0940. The number of pyridine rings is 1. The highest BCUT2D eigenvalue weighted by Crippen LogP contribution is 2.21. The fraction of sp³-hybridized carbons (Fsp3) is 0.0909. The van der Waals surface area contributed by atoms with Gasteiger partial charge in [0, 0.05) is 18.8 Å². The first-order chi connectivity index (χ1) is 15.0. The molecule has 4 rings (SSSR count). The molecule has 0 aliphatic rings. The van der Waals surface area contributed by atoms with Crippen LogP contribution in [0.4, 0.5) is 4.39 Å². The van der Waals surface area contributed by atoms with E-state index in [1.165, 1.54) is 28.9 Å². The minimum atomic E-state index is -0.416. The number of benzene rings is 2. The molecule has 2 heterocycles. The topological polar surface area (TPSA) is 81.9 Å². The quantitative estimate of drug-likeness (QED) is 0.480. The molecule has 0 saturated heterocycles. The third kappa shape index (κ3) is 4.87. The molecule has 0 saturated carbocycles. The Morgan fingerprint density at radius 1 is 1.13 bits per heavy atom. The van der Waals surface area contributed by atoms with Crippen molar-refractivity contribution in [3.63, 3.8) is 0 Å². The maximum atomic E-state index is 13.0. The van der Waals surface area contributed by atoms with Crippen LogP contribution in [0.2, 0.25) is 5.02 Å². The lowest BCUT2D eigenvalue weighted by Crippen LogP contribution is -2.24. The average Bonchev–Trinajstić information content (AvgIpc) is 3.16. The molecule has 7 nitrogen and oxygen atoms in total. The van der Waals surface area contributed by atoms with E-state index in [0.717, 1.165) is 5.56 Å². The summed E-state index contributed by atoms with van der Waals surface area (Å²) in [6.45, 7) is 1.99. The van der Waals surface area contributed by atoms with Crippen molar-refractivity contribution in [3.05, 3.63) is 94.9 Å². The number of amides is 1. The number of nitrogens with one attached hydrogen (secondary N) is 1. The lowest BCUT2D eigenvalue weighted by Gasteiger charge is -2.06. The van der Waals surface area contributed by atoms with Gasteiger partial charge in [-0.3, -0.25) is 4.79 Å². The minimum absolute atomic E-state index is 0.0432. The van der Waals surface area contributed by atoms with Crippen molar-refractivity contribution < 1.29 is 13.9 Å². The van der Waals surface area contributed by atoms with Crippen LogP contribution in [-0.2, 0) is 6.54 Å². The van der Waals surface area contributed by atoms with Gasteiger partial charge in [-0.25, -0.2) is 19.0 Å². The third-order valence-corrected chi connectivity index (χ3v) is 4.66. The Labute approximate surface area is 182 Å². The fourth-order valence-electron chi connectivity index (χ4n) is 2.80. The molecule has 0 aliphatic heterocycles. The van der Waals surface area contributed by atoms with Crippen molar-refractivity contribution in [3.8, 4) is 17.3 Å². The van der Waals surface area contributed by atoms with Gasteiger partial charge in [-0.05, 0) is 48.9 Å². The summed E-state index contributed by atoms with van der Waals surface area (Å²) in [6, 6.07) is 16.3. The molecular formula is C22H17ClFN5O2.